The van der Waals surface area contributed by atoms with E-state index in [9.17, 15) is 23.6 Å². The van der Waals surface area contributed by atoms with Crippen LogP contribution in [0.3, 0.4) is 0 Å². The molecule has 0 radical (unpaired) electrons. The Morgan fingerprint density at radius 3 is 2.44 bits per heavy atom. The topological polar surface area (TPSA) is 110 Å². The number of carboxylic acids is 1. The van der Waals surface area contributed by atoms with E-state index in [0.29, 0.717) is 11.8 Å². The highest BCUT2D eigenvalue weighted by Crippen LogP contribution is 2.24. The summed E-state index contributed by atoms with van der Waals surface area (Å²) in [4.78, 5) is 47.4. The number of nitrogens with one attached hydrogen (secondary N) is 1. The lowest BCUT2D eigenvalue weighted by Gasteiger charge is -2.17. The van der Waals surface area contributed by atoms with E-state index < -0.39 is 46.3 Å². The summed E-state index contributed by atoms with van der Waals surface area (Å²) >= 11 is 1.88. The van der Waals surface area contributed by atoms with Crippen LogP contribution < -0.4 is 10.1 Å². The standard InChI is InChI=1S/C17H20FNO6S2/c1-9(20)27-14(7-15(21)19-12(8-26-3)17(23)24)16(22)10-4-5-13(25-2)11(18)6-10/h4-6,12,14H,7-8H2,1-3H3,(H,19,21)(H,23,24)/t12-,14?/m0/s1. The van der Waals surface area contributed by atoms with E-state index in [1.54, 1.807) is 6.26 Å². The quantitative estimate of drug-likeness (QED) is 0.556. The van der Waals surface area contributed by atoms with Crippen LogP contribution in [0.15, 0.2) is 18.2 Å². The van der Waals surface area contributed by atoms with Crippen LogP contribution in [0.2, 0.25) is 0 Å². The van der Waals surface area contributed by atoms with Gasteiger partial charge in [-0.1, -0.05) is 11.8 Å². The van der Waals surface area contributed by atoms with Gasteiger partial charge in [-0.3, -0.25) is 14.4 Å². The van der Waals surface area contributed by atoms with Gasteiger partial charge in [0.05, 0.1) is 12.4 Å². The molecule has 2 N–H and O–H groups in total. The highest BCUT2D eigenvalue weighted by atomic mass is 32.2. The monoisotopic (exact) mass is 417 g/mol. The number of carbonyl (C=O) groups is 4. The molecule has 27 heavy (non-hydrogen) atoms. The molecule has 7 nitrogen and oxygen atoms in total. The van der Waals surface area contributed by atoms with Crippen LogP contribution in [0, 0.1) is 5.82 Å². The molecule has 0 aliphatic rings. The molecule has 0 saturated carbocycles. The summed E-state index contributed by atoms with van der Waals surface area (Å²) in [5, 5.41) is 9.93. The number of hydrogen-bond donors (Lipinski definition) is 2. The SMILES string of the molecule is COc1ccc(C(=O)C(CC(=O)N[C@@H](CSC)C(=O)O)SC(C)=O)cc1F. The molecule has 2 atom stereocenters. The van der Waals surface area contributed by atoms with E-state index >= 15 is 0 Å². The van der Waals surface area contributed by atoms with E-state index in [-0.39, 0.29) is 17.1 Å². The summed E-state index contributed by atoms with van der Waals surface area (Å²) in [7, 11) is 1.28. The van der Waals surface area contributed by atoms with E-state index in [2.05, 4.69) is 5.32 Å². The highest BCUT2D eigenvalue weighted by molar-refractivity contribution is 8.14. The van der Waals surface area contributed by atoms with Crippen molar-refractivity contribution in [2.45, 2.75) is 24.6 Å². The van der Waals surface area contributed by atoms with Crippen molar-refractivity contribution in [2.24, 2.45) is 0 Å². The predicted molar refractivity (Wildman–Crippen MR) is 102 cm³/mol. The van der Waals surface area contributed by atoms with Crippen LogP contribution in [0.25, 0.3) is 0 Å². The summed E-state index contributed by atoms with van der Waals surface area (Å²) in [6.07, 6.45) is 1.28. The maximum Gasteiger partial charge on any atom is 0.327 e. The third-order valence-corrected chi connectivity index (χ3v) is 5.04. The van der Waals surface area contributed by atoms with Gasteiger partial charge in [-0.15, -0.1) is 0 Å². The van der Waals surface area contributed by atoms with Gasteiger partial charge in [0.15, 0.2) is 22.5 Å². The number of carboxylic acid groups (broad SMARTS) is 1. The maximum atomic E-state index is 13.8. The van der Waals surface area contributed by atoms with E-state index in [1.807, 2.05) is 0 Å². The average molecular weight is 417 g/mol. The third-order valence-electron chi connectivity index (χ3n) is 3.37. The minimum absolute atomic E-state index is 0.0150. The largest absolute Gasteiger partial charge is 0.494 e. The van der Waals surface area contributed by atoms with Crippen molar-refractivity contribution in [3.05, 3.63) is 29.6 Å². The van der Waals surface area contributed by atoms with Gasteiger partial charge in [0.2, 0.25) is 5.91 Å². The summed E-state index contributed by atoms with van der Waals surface area (Å²) in [6.45, 7) is 1.24. The third kappa shape index (κ3) is 7.22. The lowest BCUT2D eigenvalue weighted by Crippen LogP contribution is -2.44. The van der Waals surface area contributed by atoms with Crippen molar-refractivity contribution in [1.29, 1.82) is 0 Å². The van der Waals surface area contributed by atoms with Crippen molar-refractivity contribution < 1.29 is 33.4 Å². The summed E-state index contributed by atoms with van der Waals surface area (Å²) in [5.41, 5.74) is -0.0150. The van der Waals surface area contributed by atoms with Crippen LogP contribution in [0.4, 0.5) is 4.39 Å². The van der Waals surface area contributed by atoms with Crippen molar-refractivity contribution in [2.75, 3.05) is 19.1 Å². The minimum Gasteiger partial charge on any atom is -0.494 e. The Balaban J connectivity index is 2.96. The lowest BCUT2D eigenvalue weighted by atomic mass is 10.1. The molecule has 1 aromatic rings. The molecule has 0 fully saturated rings. The number of ketones is 1. The second-order valence-electron chi connectivity index (χ2n) is 5.43. The molecule has 1 amide bonds. The van der Waals surface area contributed by atoms with Crippen molar-refractivity contribution in [3.8, 4) is 5.75 Å². The van der Waals surface area contributed by atoms with Crippen LogP contribution in [0.1, 0.15) is 23.7 Å². The molecule has 0 aliphatic carbocycles. The molecule has 10 heteroatoms. The van der Waals surface area contributed by atoms with Crippen LogP contribution >= 0.6 is 23.5 Å². The number of halogens is 1. The second kappa shape index (κ2) is 10.9. The number of benzene rings is 1. The smallest absolute Gasteiger partial charge is 0.327 e. The first kappa shape index (κ1) is 23.0. The van der Waals surface area contributed by atoms with Gasteiger partial charge in [0, 0.05) is 24.7 Å². The molecule has 0 saturated heterocycles. The van der Waals surface area contributed by atoms with Gasteiger partial charge in [-0.05, 0) is 24.5 Å². The number of thioether (sulfide) groups is 2. The molecular weight excluding hydrogens is 397 g/mol. The van der Waals surface area contributed by atoms with Crippen molar-refractivity contribution in [1.82, 2.24) is 5.32 Å². The second-order valence-corrected chi connectivity index (χ2v) is 7.72. The average Bonchev–Trinajstić information content (AvgIpc) is 2.59. The first-order valence-electron chi connectivity index (χ1n) is 7.75. The molecule has 0 bridgehead atoms. The molecule has 0 spiro atoms. The fourth-order valence-corrected chi connectivity index (χ4v) is 3.59. The zero-order chi connectivity index (χ0) is 20.6. The van der Waals surface area contributed by atoms with Crippen LogP contribution in [0.5, 0.6) is 5.75 Å². The Labute approximate surface area is 164 Å². The molecule has 1 aromatic carbocycles. The van der Waals surface area contributed by atoms with E-state index in [1.165, 1.54) is 37.9 Å². The van der Waals surface area contributed by atoms with Crippen molar-refractivity contribution >= 4 is 46.3 Å². The number of rotatable bonds is 10. The van der Waals surface area contributed by atoms with E-state index in [0.717, 1.165) is 6.07 Å². The fourth-order valence-electron chi connectivity index (χ4n) is 2.16. The molecule has 0 aromatic heterocycles. The predicted octanol–water partition coefficient (Wildman–Crippen LogP) is 1.99. The Kier molecular flexibility index (Phi) is 9.30. The zero-order valence-electron chi connectivity index (χ0n) is 15.0. The number of methoxy groups -OCH3 is 1. The molecular formula is C17H20FNO6S2. The highest BCUT2D eigenvalue weighted by Gasteiger charge is 2.28. The first-order valence-corrected chi connectivity index (χ1v) is 10.0. The van der Waals surface area contributed by atoms with Gasteiger partial charge < -0.3 is 15.2 Å². The van der Waals surface area contributed by atoms with Crippen LogP contribution in [-0.4, -0.2) is 58.3 Å². The van der Waals surface area contributed by atoms with Crippen molar-refractivity contribution in [3.63, 3.8) is 0 Å². The van der Waals surface area contributed by atoms with Gasteiger partial charge in [-0.25, -0.2) is 9.18 Å². The normalized spacial score (nSPS) is 12.7. The summed E-state index contributed by atoms with van der Waals surface area (Å²) in [5.74, 6) is -3.12. The number of hydrogen-bond acceptors (Lipinski definition) is 7. The summed E-state index contributed by atoms with van der Waals surface area (Å²) < 4.78 is 18.6. The van der Waals surface area contributed by atoms with E-state index in [4.69, 9.17) is 9.84 Å². The minimum atomic E-state index is -1.20. The molecule has 148 valence electrons. The summed E-state index contributed by atoms with van der Waals surface area (Å²) in [6, 6.07) is 2.48. The molecule has 0 aliphatic heterocycles. The van der Waals surface area contributed by atoms with Gasteiger partial charge >= 0.3 is 5.97 Å². The number of aliphatic carboxylic acids is 1. The molecule has 1 rings (SSSR count). The van der Waals surface area contributed by atoms with Crippen LogP contribution in [-0.2, 0) is 14.4 Å². The number of ether oxygens (including phenoxy) is 1. The van der Waals surface area contributed by atoms with Gasteiger partial charge in [0.1, 0.15) is 6.04 Å². The Morgan fingerprint density at radius 1 is 1.30 bits per heavy atom. The Bertz CT molecular complexity index is 727. The molecule has 1 unspecified atom stereocenters. The number of amides is 1. The number of carbonyl (C=O) groups excluding carboxylic acids is 3. The Morgan fingerprint density at radius 2 is 1.96 bits per heavy atom. The molecule has 0 heterocycles. The lowest BCUT2D eigenvalue weighted by molar-refractivity contribution is -0.141. The fraction of sp³-hybridized carbons (Fsp3) is 0.412. The number of Topliss-reactive ketones (excluding diaryl/α,β-unsaturated/α-hetero) is 1. The van der Waals surface area contributed by atoms with Gasteiger partial charge in [0.25, 0.3) is 0 Å². The maximum absolute atomic E-state index is 13.8. The van der Waals surface area contributed by atoms with Gasteiger partial charge in [-0.2, -0.15) is 11.8 Å². The zero-order valence-corrected chi connectivity index (χ0v) is 16.6. The first-order chi connectivity index (χ1) is 12.7. The Hall–Kier alpha value is -2.07.